The van der Waals surface area contributed by atoms with Crippen LogP contribution in [0.3, 0.4) is 0 Å². The lowest BCUT2D eigenvalue weighted by atomic mass is 9.98. The monoisotopic (exact) mass is 372 g/mol. The van der Waals surface area contributed by atoms with Crippen molar-refractivity contribution in [2.75, 3.05) is 26.8 Å². The van der Waals surface area contributed by atoms with Crippen molar-refractivity contribution in [3.63, 3.8) is 0 Å². The van der Waals surface area contributed by atoms with Gasteiger partial charge in [-0.2, -0.15) is 5.26 Å². The van der Waals surface area contributed by atoms with Gasteiger partial charge in [-0.1, -0.05) is 6.07 Å². The van der Waals surface area contributed by atoms with E-state index in [-0.39, 0.29) is 18.0 Å². The maximum absolute atomic E-state index is 13.9. The summed E-state index contributed by atoms with van der Waals surface area (Å²) in [5.41, 5.74) is 0.628. The molecule has 4 nitrogen and oxygen atoms in total. The number of nitrogens with zero attached hydrogens (tertiary/aromatic N) is 2. The van der Waals surface area contributed by atoms with Crippen LogP contribution < -0.4 is 9.47 Å². The maximum atomic E-state index is 13.9. The number of ether oxygens (including phenoxy) is 2. The topological polar surface area (TPSA) is 45.5 Å². The van der Waals surface area contributed by atoms with Crippen LogP contribution in [0.2, 0.25) is 0 Å². The molecule has 0 aliphatic carbocycles. The molecule has 0 radical (unpaired) electrons. The van der Waals surface area contributed by atoms with Crippen molar-refractivity contribution in [3.8, 4) is 17.6 Å². The van der Waals surface area contributed by atoms with Crippen molar-refractivity contribution in [2.45, 2.75) is 19.4 Å². The summed E-state index contributed by atoms with van der Waals surface area (Å²) in [6, 6.07) is 11.1. The van der Waals surface area contributed by atoms with E-state index in [0.29, 0.717) is 30.2 Å². The Morgan fingerprint density at radius 2 is 1.96 bits per heavy atom. The first-order valence-corrected chi connectivity index (χ1v) is 8.97. The van der Waals surface area contributed by atoms with Gasteiger partial charge in [-0.3, -0.25) is 4.90 Å². The van der Waals surface area contributed by atoms with Gasteiger partial charge in [0, 0.05) is 30.6 Å². The normalized spacial score (nSPS) is 17.3. The van der Waals surface area contributed by atoms with Gasteiger partial charge in [0.2, 0.25) is 0 Å². The molecule has 2 aromatic carbocycles. The first-order valence-electron chi connectivity index (χ1n) is 8.97. The Balaban J connectivity index is 1.60. The highest BCUT2D eigenvalue weighted by Crippen LogP contribution is 2.29. The number of piperidine rings is 1. The number of halogens is 2. The summed E-state index contributed by atoms with van der Waals surface area (Å²) < 4.78 is 39.0. The standard InChI is InChI=1S/C21H22F2N2O2/c1-26-21-10-15(11-24)7-8-20(21)27-14-16-4-3-9-25(12-16)13-17-18(22)5-2-6-19(17)23/h2,5-8,10,16H,3-4,9,12-14H2,1H3. The van der Waals surface area contributed by atoms with E-state index >= 15 is 0 Å². The van der Waals surface area contributed by atoms with Crippen LogP contribution in [-0.4, -0.2) is 31.7 Å². The average Bonchev–Trinajstić information content (AvgIpc) is 2.69. The van der Waals surface area contributed by atoms with Gasteiger partial charge >= 0.3 is 0 Å². The van der Waals surface area contributed by atoms with E-state index in [0.717, 1.165) is 19.4 Å². The number of methoxy groups -OCH3 is 1. The van der Waals surface area contributed by atoms with E-state index in [1.165, 1.54) is 25.3 Å². The fourth-order valence-corrected chi connectivity index (χ4v) is 3.40. The molecule has 1 heterocycles. The van der Waals surface area contributed by atoms with Gasteiger partial charge in [0.15, 0.2) is 11.5 Å². The fraction of sp³-hybridized carbons (Fsp3) is 0.381. The van der Waals surface area contributed by atoms with Crippen LogP contribution in [-0.2, 0) is 6.54 Å². The molecule has 6 heteroatoms. The maximum Gasteiger partial charge on any atom is 0.162 e. The summed E-state index contributed by atoms with van der Waals surface area (Å²) in [7, 11) is 1.54. The molecule has 3 rings (SSSR count). The van der Waals surface area contributed by atoms with Gasteiger partial charge < -0.3 is 9.47 Å². The molecular formula is C21H22F2N2O2. The van der Waals surface area contributed by atoms with Crippen molar-refractivity contribution >= 4 is 0 Å². The second kappa shape index (κ2) is 8.83. The van der Waals surface area contributed by atoms with Gasteiger partial charge in [0.25, 0.3) is 0 Å². The molecule has 1 atom stereocenters. The second-order valence-electron chi connectivity index (χ2n) is 6.73. The fourth-order valence-electron chi connectivity index (χ4n) is 3.40. The van der Waals surface area contributed by atoms with Crippen molar-refractivity contribution in [2.24, 2.45) is 5.92 Å². The highest BCUT2D eigenvalue weighted by Gasteiger charge is 2.23. The number of likely N-dealkylation sites (tertiary alicyclic amines) is 1. The number of hydrogen-bond donors (Lipinski definition) is 0. The third kappa shape index (κ3) is 4.75. The van der Waals surface area contributed by atoms with Gasteiger partial charge in [0.05, 0.1) is 25.3 Å². The Bertz CT molecular complexity index is 815. The summed E-state index contributed by atoms with van der Waals surface area (Å²) in [5, 5.41) is 8.97. The van der Waals surface area contributed by atoms with Crippen LogP contribution in [0.1, 0.15) is 24.0 Å². The molecule has 0 spiro atoms. The number of hydrogen-bond acceptors (Lipinski definition) is 4. The molecule has 0 saturated carbocycles. The molecule has 0 N–H and O–H groups in total. The van der Waals surface area contributed by atoms with Crippen LogP contribution in [0.15, 0.2) is 36.4 Å². The molecule has 1 saturated heterocycles. The van der Waals surface area contributed by atoms with Crippen molar-refractivity contribution in [1.82, 2.24) is 4.90 Å². The van der Waals surface area contributed by atoms with Gasteiger partial charge in [-0.15, -0.1) is 0 Å². The highest BCUT2D eigenvalue weighted by atomic mass is 19.1. The molecule has 142 valence electrons. The highest BCUT2D eigenvalue weighted by molar-refractivity contribution is 5.46. The lowest BCUT2D eigenvalue weighted by Gasteiger charge is -2.32. The zero-order valence-electron chi connectivity index (χ0n) is 15.3. The van der Waals surface area contributed by atoms with Crippen LogP contribution in [0.4, 0.5) is 8.78 Å². The van der Waals surface area contributed by atoms with Crippen molar-refractivity contribution < 1.29 is 18.3 Å². The minimum atomic E-state index is -0.504. The Morgan fingerprint density at radius 3 is 2.67 bits per heavy atom. The van der Waals surface area contributed by atoms with Crippen LogP contribution in [0.5, 0.6) is 11.5 Å². The number of nitriles is 1. The summed E-state index contributed by atoms with van der Waals surface area (Å²) >= 11 is 0. The van der Waals surface area contributed by atoms with Crippen LogP contribution in [0, 0.1) is 28.9 Å². The van der Waals surface area contributed by atoms with E-state index in [2.05, 4.69) is 11.0 Å². The second-order valence-corrected chi connectivity index (χ2v) is 6.73. The predicted octanol–water partition coefficient (Wildman–Crippen LogP) is 4.14. The Hall–Kier alpha value is -2.65. The molecule has 1 aliphatic rings. The zero-order chi connectivity index (χ0) is 19.2. The van der Waals surface area contributed by atoms with E-state index in [9.17, 15) is 8.78 Å². The smallest absolute Gasteiger partial charge is 0.162 e. The van der Waals surface area contributed by atoms with Crippen molar-refractivity contribution in [3.05, 3.63) is 59.2 Å². The minimum absolute atomic E-state index is 0.118. The van der Waals surface area contributed by atoms with E-state index in [1.807, 2.05) is 0 Å². The van der Waals surface area contributed by atoms with E-state index in [1.54, 1.807) is 18.2 Å². The van der Waals surface area contributed by atoms with Gasteiger partial charge in [-0.25, -0.2) is 8.78 Å². The third-order valence-corrected chi connectivity index (χ3v) is 4.81. The zero-order valence-corrected chi connectivity index (χ0v) is 15.3. The summed E-state index contributed by atoms with van der Waals surface area (Å²) in [4.78, 5) is 2.06. The lowest BCUT2D eigenvalue weighted by Crippen LogP contribution is -2.37. The molecular weight excluding hydrogens is 350 g/mol. The summed E-state index contributed by atoms with van der Waals surface area (Å²) in [6.07, 6.45) is 1.95. The molecule has 1 fully saturated rings. The average molecular weight is 372 g/mol. The molecule has 0 amide bonds. The van der Waals surface area contributed by atoms with E-state index < -0.39 is 11.6 Å². The largest absolute Gasteiger partial charge is 0.493 e. The number of benzene rings is 2. The SMILES string of the molecule is COc1cc(C#N)ccc1OCC1CCCN(Cc2c(F)cccc2F)C1. The first-order chi connectivity index (χ1) is 13.1. The van der Waals surface area contributed by atoms with Crippen LogP contribution in [0.25, 0.3) is 0 Å². The van der Waals surface area contributed by atoms with Gasteiger partial charge in [0.1, 0.15) is 11.6 Å². The van der Waals surface area contributed by atoms with Crippen LogP contribution >= 0.6 is 0 Å². The minimum Gasteiger partial charge on any atom is -0.493 e. The van der Waals surface area contributed by atoms with E-state index in [4.69, 9.17) is 14.7 Å². The molecule has 1 aliphatic heterocycles. The molecule has 0 bridgehead atoms. The molecule has 27 heavy (non-hydrogen) atoms. The predicted molar refractivity (Wildman–Crippen MR) is 97.6 cm³/mol. The Morgan fingerprint density at radius 1 is 1.19 bits per heavy atom. The summed E-state index contributed by atoms with van der Waals surface area (Å²) in [6.45, 7) is 2.27. The van der Waals surface area contributed by atoms with Crippen molar-refractivity contribution in [1.29, 1.82) is 5.26 Å². The Kier molecular flexibility index (Phi) is 6.25. The number of rotatable bonds is 6. The quantitative estimate of drug-likeness (QED) is 0.765. The first kappa shape index (κ1) is 19.1. The molecule has 0 aromatic heterocycles. The Labute approximate surface area is 157 Å². The molecule has 2 aromatic rings. The lowest BCUT2D eigenvalue weighted by molar-refractivity contribution is 0.121. The summed E-state index contributed by atoms with van der Waals surface area (Å²) in [5.74, 6) is 0.365. The third-order valence-electron chi connectivity index (χ3n) is 4.81. The van der Waals surface area contributed by atoms with Gasteiger partial charge in [-0.05, 0) is 43.7 Å². The molecule has 1 unspecified atom stereocenters.